The molecule has 26 heavy (non-hydrogen) atoms. The molecule has 0 spiro atoms. The van der Waals surface area contributed by atoms with Crippen molar-refractivity contribution in [1.29, 1.82) is 0 Å². The molecule has 0 aliphatic carbocycles. The second-order valence-electron chi connectivity index (χ2n) is 6.63. The molecule has 0 radical (unpaired) electrons. The number of aryl methyl sites for hydroxylation is 1. The van der Waals surface area contributed by atoms with E-state index >= 15 is 0 Å². The van der Waals surface area contributed by atoms with Gasteiger partial charge in [-0.2, -0.15) is 0 Å². The van der Waals surface area contributed by atoms with Gasteiger partial charge in [0.1, 0.15) is 12.4 Å². The van der Waals surface area contributed by atoms with E-state index in [1.54, 1.807) is 12.1 Å². The lowest BCUT2D eigenvalue weighted by molar-refractivity contribution is 0.0870. The average molecular weight is 353 g/mol. The molecule has 0 amide bonds. The first kappa shape index (κ1) is 20.2. The zero-order valence-electron chi connectivity index (χ0n) is 15.7. The third-order valence-electron chi connectivity index (χ3n) is 4.23. The number of hydrogen-bond acceptors (Lipinski definition) is 4. The van der Waals surface area contributed by atoms with Crippen LogP contribution in [0, 0.1) is 0 Å². The molecular weight excluding hydrogens is 325 g/mol. The van der Waals surface area contributed by atoms with E-state index < -0.39 is 6.10 Å². The van der Waals surface area contributed by atoms with E-state index in [0.29, 0.717) is 30.7 Å². The van der Waals surface area contributed by atoms with Gasteiger partial charge in [0.15, 0.2) is 13.8 Å². The molecule has 2 aromatic carbocycles. The van der Waals surface area contributed by atoms with Crippen molar-refractivity contribution in [3.63, 3.8) is 0 Å². The van der Waals surface area contributed by atoms with Gasteiger partial charge >= 0.3 is 0 Å². The topological polar surface area (TPSA) is 49.8 Å². The van der Waals surface area contributed by atoms with Crippen molar-refractivity contribution in [2.45, 2.75) is 32.3 Å². The molecule has 0 fully saturated rings. The summed E-state index contributed by atoms with van der Waals surface area (Å²) in [6.45, 7) is 3.78. The van der Waals surface area contributed by atoms with Crippen molar-refractivity contribution >= 4 is 13.8 Å². The van der Waals surface area contributed by atoms with Gasteiger partial charge in [-0.3, -0.25) is 4.79 Å². The number of aliphatic hydroxyl groups excluding tert-OH is 1. The van der Waals surface area contributed by atoms with E-state index in [4.69, 9.17) is 4.74 Å². The Labute approximate surface area is 157 Å². The SMILES string of the molecule is BN(CCC)CC(O)COc1ccccc1C(=O)CCc1ccccc1. The van der Waals surface area contributed by atoms with Crippen LogP contribution >= 0.6 is 0 Å². The van der Waals surface area contributed by atoms with E-state index in [9.17, 15) is 9.90 Å². The van der Waals surface area contributed by atoms with Crippen LogP contribution in [-0.4, -0.2) is 49.5 Å². The molecule has 138 valence electrons. The molecule has 0 saturated carbocycles. The zero-order chi connectivity index (χ0) is 18.8. The molecule has 1 unspecified atom stereocenters. The minimum atomic E-state index is -0.584. The number of aliphatic hydroxyl groups is 1. The number of carbonyl (C=O) groups excluding carboxylic acids is 1. The monoisotopic (exact) mass is 353 g/mol. The van der Waals surface area contributed by atoms with Crippen LogP contribution in [-0.2, 0) is 6.42 Å². The summed E-state index contributed by atoms with van der Waals surface area (Å²) in [4.78, 5) is 14.7. The molecule has 2 rings (SSSR count). The number of ether oxygens (including phenoxy) is 1. The molecule has 4 nitrogen and oxygen atoms in total. The number of ketones is 1. The van der Waals surface area contributed by atoms with Gasteiger partial charge in [-0.05, 0) is 37.1 Å². The molecule has 0 bridgehead atoms. The quantitative estimate of drug-likeness (QED) is 0.498. The first-order valence-electron chi connectivity index (χ1n) is 9.25. The minimum absolute atomic E-state index is 0.0574. The fraction of sp³-hybridized carbons (Fsp3) is 0.381. The third-order valence-corrected chi connectivity index (χ3v) is 4.23. The van der Waals surface area contributed by atoms with Crippen molar-refractivity contribution < 1.29 is 14.6 Å². The number of rotatable bonds is 11. The van der Waals surface area contributed by atoms with Gasteiger partial charge in [0.25, 0.3) is 0 Å². The Morgan fingerprint density at radius 1 is 1.15 bits per heavy atom. The summed E-state index contributed by atoms with van der Waals surface area (Å²) in [5.74, 6) is 0.602. The first-order chi connectivity index (χ1) is 12.6. The van der Waals surface area contributed by atoms with Crippen molar-refractivity contribution in [2.75, 3.05) is 19.7 Å². The van der Waals surface area contributed by atoms with E-state index in [-0.39, 0.29) is 12.4 Å². The Morgan fingerprint density at radius 3 is 2.58 bits per heavy atom. The van der Waals surface area contributed by atoms with Crippen LogP contribution in [0.15, 0.2) is 54.6 Å². The normalized spacial score (nSPS) is 12.1. The summed E-state index contributed by atoms with van der Waals surface area (Å²) in [7, 11) is 1.98. The van der Waals surface area contributed by atoms with Gasteiger partial charge in [0, 0.05) is 13.0 Å². The van der Waals surface area contributed by atoms with Crippen LogP contribution in [0.25, 0.3) is 0 Å². The molecule has 5 heteroatoms. The predicted molar refractivity (Wildman–Crippen MR) is 107 cm³/mol. The zero-order valence-corrected chi connectivity index (χ0v) is 15.7. The highest BCUT2D eigenvalue weighted by Crippen LogP contribution is 2.21. The Morgan fingerprint density at radius 2 is 1.85 bits per heavy atom. The van der Waals surface area contributed by atoms with Gasteiger partial charge in [-0.1, -0.05) is 49.4 Å². The van der Waals surface area contributed by atoms with Crippen LogP contribution in [0.4, 0.5) is 0 Å². The predicted octanol–water partition coefficient (Wildman–Crippen LogP) is 2.50. The molecule has 1 N–H and O–H groups in total. The smallest absolute Gasteiger partial charge is 0.185 e. The summed E-state index contributed by atoms with van der Waals surface area (Å²) in [6.07, 6.45) is 1.60. The molecule has 0 aromatic heterocycles. The Kier molecular flexibility index (Phi) is 8.39. The molecule has 2 aromatic rings. The van der Waals surface area contributed by atoms with Crippen LogP contribution in [0.3, 0.4) is 0 Å². The third kappa shape index (κ3) is 6.66. The molecule has 1 atom stereocenters. The van der Waals surface area contributed by atoms with E-state index in [1.807, 2.05) is 50.4 Å². The van der Waals surface area contributed by atoms with Crippen LogP contribution < -0.4 is 4.74 Å². The fourth-order valence-corrected chi connectivity index (χ4v) is 2.93. The van der Waals surface area contributed by atoms with Gasteiger partial charge in [-0.15, -0.1) is 0 Å². The van der Waals surface area contributed by atoms with E-state index in [2.05, 4.69) is 11.7 Å². The largest absolute Gasteiger partial charge is 0.490 e. The standard InChI is InChI=1S/C21H28BNO3/c1-2-14-23(22)15-18(24)16-26-21-11-7-6-10-19(21)20(25)13-12-17-8-4-3-5-9-17/h3-11,18,24H,2,12-16,22H2,1H3. The van der Waals surface area contributed by atoms with Crippen molar-refractivity contribution in [2.24, 2.45) is 0 Å². The lowest BCUT2D eigenvalue weighted by Crippen LogP contribution is -2.34. The van der Waals surface area contributed by atoms with Crippen molar-refractivity contribution in [3.05, 3.63) is 65.7 Å². The highest BCUT2D eigenvalue weighted by atomic mass is 16.5. The lowest BCUT2D eigenvalue weighted by Gasteiger charge is -2.21. The average Bonchev–Trinajstić information content (AvgIpc) is 2.65. The van der Waals surface area contributed by atoms with Crippen LogP contribution in [0.1, 0.15) is 35.7 Å². The second kappa shape index (κ2) is 10.8. The molecule has 0 aliphatic rings. The molecule has 0 heterocycles. The van der Waals surface area contributed by atoms with E-state index in [1.165, 1.54) is 0 Å². The summed E-state index contributed by atoms with van der Waals surface area (Å²) in [5, 5.41) is 10.1. The Bertz CT molecular complexity index is 678. The van der Waals surface area contributed by atoms with Gasteiger partial charge < -0.3 is 14.7 Å². The number of carbonyl (C=O) groups is 1. The highest BCUT2D eigenvalue weighted by molar-refractivity contribution is 6.04. The maximum Gasteiger partial charge on any atom is 0.185 e. The van der Waals surface area contributed by atoms with Crippen LogP contribution in [0.2, 0.25) is 0 Å². The second-order valence-corrected chi connectivity index (χ2v) is 6.63. The summed E-state index contributed by atoms with van der Waals surface area (Å²) in [6, 6.07) is 17.3. The van der Waals surface area contributed by atoms with Gasteiger partial charge in [0.05, 0.1) is 11.7 Å². The van der Waals surface area contributed by atoms with E-state index in [0.717, 1.165) is 18.5 Å². The summed E-state index contributed by atoms with van der Waals surface area (Å²) < 4.78 is 5.75. The number of benzene rings is 2. The Hall–Kier alpha value is -2.11. The number of hydrogen-bond donors (Lipinski definition) is 1. The molecule has 0 aliphatic heterocycles. The number of nitrogens with zero attached hydrogens (tertiary/aromatic N) is 1. The molecule has 0 saturated heterocycles. The fourth-order valence-electron chi connectivity index (χ4n) is 2.93. The summed E-state index contributed by atoms with van der Waals surface area (Å²) in [5.41, 5.74) is 1.73. The Balaban J connectivity index is 1.91. The van der Waals surface area contributed by atoms with Gasteiger partial charge in [-0.25, -0.2) is 0 Å². The molecular formula is C21H28BNO3. The minimum Gasteiger partial charge on any atom is -0.490 e. The highest BCUT2D eigenvalue weighted by Gasteiger charge is 2.14. The van der Waals surface area contributed by atoms with Crippen LogP contribution in [0.5, 0.6) is 5.75 Å². The maximum absolute atomic E-state index is 12.6. The maximum atomic E-state index is 12.6. The van der Waals surface area contributed by atoms with Crippen molar-refractivity contribution in [1.82, 2.24) is 4.81 Å². The van der Waals surface area contributed by atoms with Gasteiger partial charge in [0.2, 0.25) is 0 Å². The van der Waals surface area contributed by atoms with Crippen molar-refractivity contribution in [3.8, 4) is 5.75 Å². The first-order valence-corrected chi connectivity index (χ1v) is 9.25. The number of para-hydroxylation sites is 1. The number of Topliss-reactive ketones (excluding diaryl/α,β-unsaturated/α-hetero) is 1. The lowest BCUT2D eigenvalue weighted by atomic mass is 10.0. The summed E-state index contributed by atoms with van der Waals surface area (Å²) >= 11 is 0.